The molecular formula is C28H56N2O9. The molecule has 0 unspecified atom stereocenters. The zero-order valence-corrected chi connectivity index (χ0v) is 25.9. The third kappa shape index (κ3) is 36.2. The summed E-state index contributed by atoms with van der Waals surface area (Å²) >= 11 is 0. The molecule has 0 fully saturated rings. The number of rotatable bonds is 18. The van der Waals surface area contributed by atoms with E-state index in [-0.39, 0.29) is 30.7 Å². The third-order valence-electron chi connectivity index (χ3n) is 3.94. The lowest BCUT2D eigenvalue weighted by Crippen LogP contribution is -2.26. The maximum Gasteiger partial charge on any atom is 0.308 e. The molecule has 0 aromatic rings. The van der Waals surface area contributed by atoms with E-state index in [4.69, 9.17) is 34.2 Å². The van der Waals surface area contributed by atoms with Crippen molar-refractivity contribution in [3.05, 3.63) is 0 Å². The summed E-state index contributed by atoms with van der Waals surface area (Å²) in [5.41, 5.74) is 3.91. The Kier molecular flexibility index (Phi) is 22.2. The number of hydrogen-bond donors (Lipinski definition) is 2. The van der Waals surface area contributed by atoms with E-state index in [0.717, 1.165) is 0 Å². The zero-order valence-electron chi connectivity index (χ0n) is 25.9. The molecule has 0 aliphatic carbocycles. The number of carbonyl (C=O) groups is 3. The van der Waals surface area contributed by atoms with Crippen LogP contribution in [-0.2, 0) is 42.8 Å². The van der Waals surface area contributed by atoms with Crippen molar-refractivity contribution in [1.82, 2.24) is 5.32 Å². The van der Waals surface area contributed by atoms with E-state index in [9.17, 15) is 14.4 Å². The number of esters is 3. The average molecular weight is 565 g/mol. The Bertz CT molecular complexity index is 613. The second-order valence-corrected chi connectivity index (χ2v) is 11.7. The molecular weight excluding hydrogens is 508 g/mol. The Labute approximate surface area is 236 Å². The first-order chi connectivity index (χ1) is 17.9. The van der Waals surface area contributed by atoms with E-state index in [2.05, 4.69) is 5.32 Å². The van der Waals surface area contributed by atoms with Crippen LogP contribution < -0.4 is 11.1 Å². The Balaban J connectivity index is 0. The molecule has 0 heterocycles. The largest absolute Gasteiger partial charge is 0.460 e. The third-order valence-corrected chi connectivity index (χ3v) is 3.94. The van der Waals surface area contributed by atoms with Gasteiger partial charge in [0.2, 0.25) is 0 Å². The van der Waals surface area contributed by atoms with E-state index in [1.807, 2.05) is 62.3 Å². The molecule has 232 valence electrons. The van der Waals surface area contributed by atoms with Gasteiger partial charge in [-0.3, -0.25) is 14.4 Å². The first-order valence-electron chi connectivity index (χ1n) is 13.7. The molecule has 11 nitrogen and oxygen atoms in total. The van der Waals surface area contributed by atoms with Gasteiger partial charge in [0.05, 0.1) is 45.9 Å². The average Bonchev–Trinajstić information content (AvgIpc) is 2.74. The highest BCUT2D eigenvalue weighted by Gasteiger charge is 2.17. The minimum absolute atomic E-state index is 0.192. The Morgan fingerprint density at radius 1 is 0.538 bits per heavy atom. The van der Waals surface area contributed by atoms with Crippen LogP contribution in [0.15, 0.2) is 0 Å². The minimum Gasteiger partial charge on any atom is -0.460 e. The van der Waals surface area contributed by atoms with Crippen molar-refractivity contribution in [3.8, 4) is 0 Å². The number of nitrogens with one attached hydrogen (secondary N) is 1. The minimum atomic E-state index is -0.453. The van der Waals surface area contributed by atoms with Crippen LogP contribution in [0, 0.1) is 0 Å². The molecule has 11 heteroatoms. The lowest BCUT2D eigenvalue weighted by molar-refractivity contribution is -0.157. The Morgan fingerprint density at radius 2 is 0.897 bits per heavy atom. The normalized spacial score (nSPS) is 11.8. The quantitative estimate of drug-likeness (QED) is 0.144. The maximum atomic E-state index is 11.5. The monoisotopic (exact) mass is 564 g/mol. The highest BCUT2D eigenvalue weighted by atomic mass is 16.6. The molecule has 0 saturated heterocycles. The fraction of sp³-hybridized carbons (Fsp3) is 0.893. The van der Waals surface area contributed by atoms with E-state index in [1.54, 1.807) is 0 Å². The van der Waals surface area contributed by atoms with Crippen molar-refractivity contribution in [2.75, 3.05) is 59.3 Å². The molecule has 0 amide bonds. The Morgan fingerprint density at radius 3 is 1.28 bits per heavy atom. The summed E-state index contributed by atoms with van der Waals surface area (Å²) in [6.07, 6.45) is 1.58. The molecule has 0 saturated carbocycles. The predicted octanol–water partition coefficient (Wildman–Crippen LogP) is 3.16. The number of hydrogen-bond acceptors (Lipinski definition) is 11. The summed E-state index contributed by atoms with van der Waals surface area (Å²) in [6, 6.07) is 0. The molecule has 0 aromatic carbocycles. The second-order valence-electron chi connectivity index (χ2n) is 11.7. The van der Waals surface area contributed by atoms with Crippen molar-refractivity contribution in [2.45, 2.75) is 105 Å². The first-order valence-corrected chi connectivity index (χ1v) is 13.7. The van der Waals surface area contributed by atoms with Crippen molar-refractivity contribution >= 4 is 17.9 Å². The topological polar surface area (TPSA) is 145 Å². The van der Waals surface area contributed by atoms with Crippen LogP contribution in [-0.4, -0.2) is 94.0 Å². The second kappa shape index (κ2) is 22.0. The molecule has 0 aliphatic rings. The highest BCUT2D eigenvalue weighted by molar-refractivity contribution is 5.70. The van der Waals surface area contributed by atoms with E-state index in [1.165, 1.54) is 0 Å². The lowest BCUT2D eigenvalue weighted by Gasteiger charge is -2.19. The fourth-order valence-corrected chi connectivity index (χ4v) is 2.61. The smallest absolute Gasteiger partial charge is 0.308 e. The summed E-state index contributed by atoms with van der Waals surface area (Å²) in [5.74, 6) is -0.669. The number of carbonyl (C=O) groups excluding carboxylic acids is 3. The predicted molar refractivity (Wildman–Crippen MR) is 150 cm³/mol. The number of ether oxygens (including phenoxy) is 6. The van der Waals surface area contributed by atoms with Gasteiger partial charge >= 0.3 is 17.9 Å². The van der Waals surface area contributed by atoms with E-state index in [0.29, 0.717) is 72.1 Å². The molecule has 0 rings (SSSR count). The van der Waals surface area contributed by atoms with Crippen LogP contribution in [0.25, 0.3) is 0 Å². The SMILES string of the molecule is CC(C)(C)OC(=O)CCCOCCNCCOCCC(=O)OC(C)(C)C.CC(C)(C)OC(=O)CCOCCN. The summed E-state index contributed by atoms with van der Waals surface area (Å²) in [4.78, 5) is 34.1. The van der Waals surface area contributed by atoms with Crippen LogP contribution in [0.5, 0.6) is 0 Å². The van der Waals surface area contributed by atoms with Gasteiger partial charge in [0.1, 0.15) is 16.8 Å². The molecule has 0 bridgehead atoms. The van der Waals surface area contributed by atoms with Crippen molar-refractivity contribution in [2.24, 2.45) is 5.73 Å². The summed E-state index contributed by atoms with van der Waals surface area (Å²) < 4.78 is 31.3. The lowest BCUT2D eigenvalue weighted by atomic mass is 10.2. The maximum absolute atomic E-state index is 11.5. The van der Waals surface area contributed by atoms with E-state index >= 15 is 0 Å². The van der Waals surface area contributed by atoms with Gasteiger partial charge in [-0.05, 0) is 68.7 Å². The Hall–Kier alpha value is -1.79. The van der Waals surface area contributed by atoms with Crippen LogP contribution in [0.2, 0.25) is 0 Å². The summed E-state index contributed by atoms with van der Waals surface area (Å²) in [5, 5.41) is 3.18. The molecule has 0 aromatic heterocycles. The van der Waals surface area contributed by atoms with Gasteiger partial charge in [-0.1, -0.05) is 0 Å². The van der Waals surface area contributed by atoms with Gasteiger partial charge in [-0.15, -0.1) is 0 Å². The van der Waals surface area contributed by atoms with Crippen LogP contribution in [0.3, 0.4) is 0 Å². The van der Waals surface area contributed by atoms with Gasteiger partial charge in [0, 0.05) is 32.7 Å². The molecule has 0 aliphatic heterocycles. The highest BCUT2D eigenvalue weighted by Crippen LogP contribution is 2.10. The van der Waals surface area contributed by atoms with Crippen LogP contribution in [0.1, 0.15) is 88.0 Å². The van der Waals surface area contributed by atoms with Crippen molar-refractivity contribution in [1.29, 1.82) is 0 Å². The summed E-state index contributed by atoms with van der Waals surface area (Å²) in [6.45, 7) is 21.4. The molecule has 0 spiro atoms. The molecule has 39 heavy (non-hydrogen) atoms. The van der Waals surface area contributed by atoms with Crippen molar-refractivity contribution < 1.29 is 42.8 Å². The van der Waals surface area contributed by atoms with Gasteiger partial charge in [-0.25, -0.2) is 0 Å². The van der Waals surface area contributed by atoms with Gasteiger partial charge < -0.3 is 39.5 Å². The van der Waals surface area contributed by atoms with Gasteiger partial charge in [0.15, 0.2) is 0 Å². The van der Waals surface area contributed by atoms with Gasteiger partial charge in [0.25, 0.3) is 0 Å². The summed E-state index contributed by atoms with van der Waals surface area (Å²) in [7, 11) is 0. The van der Waals surface area contributed by atoms with Crippen molar-refractivity contribution in [3.63, 3.8) is 0 Å². The zero-order chi connectivity index (χ0) is 30.4. The van der Waals surface area contributed by atoms with Crippen LogP contribution in [0.4, 0.5) is 0 Å². The van der Waals surface area contributed by atoms with Crippen LogP contribution >= 0.6 is 0 Å². The first kappa shape index (κ1) is 39.4. The van der Waals surface area contributed by atoms with Gasteiger partial charge in [-0.2, -0.15) is 0 Å². The molecule has 0 radical (unpaired) electrons. The van der Waals surface area contributed by atoms with E-state index < -0.39 is 16.8 Å². The number of nitrogens with two attached hydrogens (primary N) is 1. The molecule has 3 N–H and O–H groups in total. The fourth-order valence-electron chi connectivity index (χ4n) is 2.61. The molecule has 0 atom stereocenters. The standard InChI is InChI=1S/C19H37NO6.C9H19NO3/c1-18(2,3)25-16(21)8-7-12-23-14-10-20-11-15-24-13-9-17(22)26-19(4,5)6;1-9(2,3)13-8(11)4-6-12-7-5-10/h20H,7-15H2,1-6H3;4-7,10H2,1-3H3.